The Morgan fingerprint density at radius 1 is 1.40 bits per heavy atom. The van der Waals surface area contributed by atoms with Crippen LogP contribution in [0.1, 0.15) is 34.7 Å². The van der Waals surface area contributed by atoms with Crippen molar-refractivity contribution in [2.24, 2.45) is 0 Å². The third-order valence-electron chi connectivity index (χ3n) is 3.35. The second-order valence-electron chi connectivity index (χ2n) is 4.79. The van der Waals surface area contributed by atoms with E-state index >= 15 is 0 Å². The number of aryl methyl sites for hydroxylation is 1. The molecule has 0 saturated carbocycles. The Bertz CT molecular complexity index is 598. The maximum Gasteiger partial charge on any atom is 0.128 e. The topological polar surface area (TPSA) is 34.1 Å². The average molecular weight is 311 g/mol. The van der Waals surface area contributed by atoms with Crippen molar-refractivity contribution in [1.29, 1.82) is 0 Å². The van der Waals surface area contributed by atoms with E-state index in [0.29, 0.717) is 6.54 Å². The molecule has 3 nitrogen and oxygen atoms in total. The molecule has 0 radical (unpaired) electrons. The van der Waals surface area contributed by atoms with Crippen LogP contribution >= 0.6 is 22.9 Å². The van der Waals surface area contributed by atoms with E-state index in [1.54, 1.807) is 18.4 Å². The van der Waals surface area contributed by atoms with Crippen LogP contribution in [0.15, 0.2) is 18.3 Å². The molecule has 1 unspecified atom stereocenters. The van der Waals surface area contributed by atoms with Gasteiger partial charge in [-0.25, -0.2) is 0 Å². The van der Waals surface area contributed by atoms with Crippen LogP contribution in [0.3, 0.4) is 0 Å². The van der Waals surface area contributed by atoms with Crippen LogP contribution in [-0.2, 0) is 6.54 Å². The van der Waals surface area contributed by atoms with Gasteiger partial charge in [0.2, 0.25) is 0 Å². The molecule has 2 aromatic rings. The van der Waals surface area contributed by atoms with Crippen molar-refractivity contribution in [1.82, 2.24) is 10.3 Å². The van der Waals surface area contributed by atoms with Crippen molar-refractivity contribution in [2.75, 3.05) is 7.11 Å². The van der Waals surface area contributed by atoms with Gasteiger partial charge in [0.15, 0.2) is 0 Å². The quantitative estimate of drug-likeness (QED) is 0.895. The summed E-state index contributed by atoms with van der Waals surface area (Å²) in [6, 6.07) is 4.24. The van der Waals surface area contributed by atoms with Gasteiger partial charge in [0, 0.05) is 34.8 Å². The Balaban J connectivity index is 2.07. The lowest BCUT2D eigenvalue weighted by Crippen LogP contribution is -2.19. The largest absolute Gasteiger partial charge is 0.496 e. The minimum atomic E-state index is 0.251. The van der Waals surface area contributed by atoms with E-state index in [1.807, 2.05) is 26.1 Å². The number of nitrogens with zero attached hydrogens (tertiary/aromatic N) is 1. The zero-order valence-corrected chi connectivity index (χ0v) is 13.7. The van der Waals surface area contributed by atoms with Crippen molar-refractivity contribution in [3.8, 4) is 5.75 Å². The van der Waals surface area contributed by atoms with E-state index in [4.69, 9.17) is 16.3 Å². The van der Waals surface area contributed by atoms with E-state index in [1.165, 1.54) is 4.88 Å². The predicted octanol–water partition coefficient (Wildman–Crippen LogP) is 4.27. The number of aromatic nitrogens is 1. The highest BCUT2D eigenvalue weighted by Crippen LogP contribution is 2.28. The first-order valence-corrected chi connectivity index (χ1v) is 7.70. The summed E-state index contributed by atoms with van der Waals surface area (Å²) in [6.45, 7) is 6.89. The second-order valence-corrected chi connectivity index (χ2v) is 6.54. The van der Waals surface area contributed by atoms with Crippen LogP contribution in [0.5, 0.6) is 5.75 Å². The number of nitrogens with one attached hydrogen (secondary N) is 1. The lowest BCUT2D eigenvalue weighted by molar-refractivity contribution is 0.406. The molecule has 0 fully saturated rings. The molecule has 0 aliphatic heterocycles. The molecule has 0 amide bonds. The summed E-state index contributed by atoms with van der Waals surface area (Å²) >= 11 is 7.57. The third kappa shape index (κ3) is 3.32. The van der Waals surface area contributed by atoms with Gasteiger partial charge in [-0.05, 0) is 32.9 Å². The minimum absolute atomic E-state index is 0.251. The molecule has 1 N–H and O–H groups in total. The van der Waals surface area contributed by atoms with Crippen LogP contribution in [0.4, 0.5) is 0 Å². The number of methoxy groups -OCH3 is 1. The van der Waals surface area contributed by atoms with Crippen molar-refractivity contribution in [2.45, 2.75) is 33.4 Å². The lowest BCUT2D eigenvalue weighted by atomic mass is 10.1. The average Bonchev–Trinajstić information content (AvgIpc) is 2.85. The standard InChI is InChI=1S/C15H19ClN2OS/c1-9-7-18-12(10(2)15(9)19-4)8-17-11(3)13-5-6-14(16)20-13/h5-7,11,17H,8H2,1-4H3. The summed E-state index contributed by atoms with van der Waals surface area (Å²) in [5.74, 6) is 0.920. The summed E-state index contributed by atoms with van der Waals surface area (Å²) in [5, 5.41) is 3.47. The molecular formula is C15H19ClN2OS. The van der Waals surface area contributed by atoms with Crippen molar-refractivity contribution >= 4 is 22.9 Å². The molecule has 2 heterocycles. The van der Waals surface area contributed by atoms with E-state index in [-0.39, 0.29) is 6.04 Å². The first-order valence-electron chi connectivity index (χ1n) is 6.50. The molecule has 5 heteroatoms. The maximum absolute atomic E-state index is 5.97. The highest BCUT2D eigenvalue weighted by atomic mass is 35.5. The Hall–Kier alpha value is -1.10. The second kappa shape index (κ2) is 6.57. The Morgan fingerprint density at radius 3 is 2.75 bits per heavy atom. The summed E-state index contributed by atoms with van der Waals surface area (Å²) in [4.78, 5) is 5.72. The molecule has 1 atom stereocenters. The first-order chi connectivity index (χ1) is 9.52. The Kier molecular flexibility index (Phi) is 5.02. The minimum Gasteiger partial charge on any atom is -0.496 e. The normalized spacial score (nSPS) is 12.4. The summed E-state index contributed by atoms with van der Waals surface area (Å²) in [6.07, 6.45) is 1.86. The van der Waals surface area contributed by atoms with Gasteiger partial charge in [-0.15, -0.1) is 11.3 Å². The molecular weight excluding hydrogens is 292 g/mol. The van der Waals surface area contributed by atoms with Gasteiger partial charge in [0.25, 0.3) is 0 Å². The van der Waals surface area contributed by atoms with E-state index in [2.05, 4.69) is 23.3 Å². The molecule has 108 valence electrons. The van der Waals surface area contributed by atoms with E-state index in [9.17, 15) is 0 Å². The van der Waals surface area contributed by atoms with Crippen molar-refractivity contribution < 1.29 is 4.74 Å². The maximum atomic E-state index is 5.97. The van der Waals surface area contributed by atoms with Gasteiger partial charge in [0.05, 0.1) is 17.1 Å². The highest BCUT2D eigenvalue weighted by Gasteiger charge is 2.12. The monoisotopic (exact) mass is 310 g/mol. The predicted molar refractivity (Wildman–Crippen MR) is 84.8 cm³/mol. The van der Waals surface area contributed by atoms with E-state index in [0.717, 1.165) is 26.9 Å². The molecule has 20 heavy (non-hydrogen) atoms. The number of rotatable bonds is 5. The molecule has 0 bridgehead atoms. The fourth-order valence-corrected chi connectivity index (χ4v) is 3.25. The molecule has 2 aromatic heterocycles. The molecule has 0 saturated heterocycles. The van der Waals surface area contributed by atoms with Gasteiger partial charge < -0.3 is 10.1 Å². The van der Waals surface area contributed by atoms with Gasteiger partial charge in [0.1, 0.15) is 5.75 Å². The Morgan fingerprint density at radius 2 is 2.15 bits per heavy atom. The lowest BCUT2D eigenvalue weighted by Gasteiger charge is -2.15. The molecule has 0 aliphatic rings. The van der Waals surface area contributed by atoms with Gasteiger partial charge in [-0.2, -0.15) is 0 Å². The summed E-state index contributed by atoms with van der Waals surface area (Å²) < 4.78 is 6.25. The highest BCUT2D eigenvalue weighted by molar-refractivity contribution is 7.16. The number of hydrogen-bond donors (Lipinski definition) is 1. The molecule has 0 aromatic carbocycles. The van der Waals surface area contributed by atoms with Gasteiger partial charge in [-0.3, -0.25) is 4.98 Å². The number of halogens is 1. The molecule has 2 rings (SSSR count). The Labute approximate surface area is 129 Å². The first kappa shape index (κ1) is 15.3. The SMILES string of the molecule is COc1c(C)cnc(CNC(C)c2ccc(Cl)s2)c1C. The zero-order chi connectivity index (χ0) is 14.7. The van der Waals surface area contributed by atoms with Crippen molar-refractivity contribution in [3.63, 3.8) is 0 Å². The fraction of sp³-hybridized carbons (Fsp3) is 0.400. The van der Waals surface area contributed by atoms with Gasteiger partial charge >= 0.3 is 0 Å². The number of hydrogen-bond acceptors (Lipinski definition) is 4. The molecule has 0 spiro atoms. The van der Waals surface area contributed by atoms with Gasteiger partial charge in [-0.1, -0.05) is 11.6 Å². The summed E-state index contributed by atoms with van der Waals surface area (Å²) in [7, 11) is 1.70. The number of ether oxygens (including phenoxy) is 1. The van der Waals surface area contributed by atoms with Crippen LogP contribution in [-0.4, -0.2) is 12.1 Å². The smallest absolute Gasteiger partial charge is 0.128 e. The van der Waals surface area contributed by atoms with Crippen molar-refractivity contribution in [3.05, 3.63) is 44.4 Å². The zero-order valence-electron chi connectivity index (χ0n) is 12.2. The fourth-order valence-electron chi connectivity index (χ4n) is 2.16. The van der Waals surface area contributed by atoms with Crippen LogP contribution in [0.25, 0.3) is 0 Å². The van der Waals surface area contributed by atoms with Crippen LogP contribution in [0, 0.1) is 13.8 Å². The summed E-state index contributed by atoms with van der Waals surface area (Å²) in [5.41, 5.74) is 3.17. The third-order valence-corrected chi connectivity index (χ3v) is 4.76. The number of pyridine rings is 1. The van der Waals surface area contributed by atoms with Crippen LogP contribution in [0.2, 0.25) is 4.34 Å². The van der Waals surface area contributed by atoms with Crippen LogP contribution < -0.4 is 10.1 Å². The van der Waals surface area contributed by atoms with E-state index < -0.39 is 0 Å². The number of thiophene rings is 1. The molecule has 0 aliphatic carbocycles.